The van der Waals surface area contributed by atoms with Crippen LogP contribution < -0.4 is 15.4 Å². The first kappa shape index (κ1) is 17.3. The zero-order valence-corrected chi connectivity index (χ0v) is 13.5. The van der Waals surface area contributed by atoms with Crippen LogP contribution in [-0.4, -0.2) is 46.6 Å². The lowest BCUT2D eigenvalue weighted by Gasteiger charge is -2.12. The molecule has 0 unspecified atom stereocenters. The number of methoxy groups -OCH3 is 1. The first-order valence-corrected chi connectivity index (χ1v) is 8.60. The molecule has 0 fully saturated rings. The summed E-state index contributed by atoms with van der Waals surface area (Å²) < 4.78 is 27.9. The maximum atomic E-state index is 11.4. The summed E-state index contributed by atoms with van der Waals surface area (Å²) in [5, 5.41) is 6.12. The van der Waals surface area contributed by atoms with Crippen LogP contribution in [0.25, 0.3) is 0 Å². The van der Waals surface area contributed by atoms with Crippen LogP contribution in [-0.2, 0) is 16.4 Å². The van der Waals surface area contributed by atoms with Gasteiger partial charge in [0.25, 0.3) is 0 Å². The van der Waals surface area contributed by atoms with Crippen LogP contribution >= 0.6 is 0 Å². The Morgan fingerprint density at radius 3 is 2.43 bits per heavy atom. The van der Waals surface area contributed by atoms with Gasteiger partial charge in [-0.1, -0.05) is 19.1 Å². The summed E-state index contributed by atoms with van der Waals surface area (Å²) in [7, 11) is 0.321. The Morgan fingerprint density at radius 1 is 1.24 bits per heavy atom. The lowest BCUT2D eigenvalue weighted by molar-refractivity contribution is 0.414. The third-order valence-corrected chi connectivity index (χ3v) is 4.69. The van der Waals surface area contributed by atoms with Gasteiger partial charge in [0, 0.05) is 25.9 Å². The summed E-state index contributed by atoms with van der Waals surface area (Å²) in [4.78, 5) is 4.06. The number of nitrogens with zero attached hydrogens (tertiary/aromatic N) is 1. The van der Waals surface area contributed by atoms with E-state index in [1.54, 1.807) is 21.1 Å². The minimum Gasteiger partial charge on any atom is -0.497 e. The van der Waals surface area contributed by atoms with Crippen LogP contribution in [0.4, 0.5) is 0 Å². The summed E-state index contributed by atoms with van der Waals surface area (Å²) >= 11 is 0. The number of aliphatic imine (C=N–C) groups is 1. The minimum atomic E-state index is -2.96. The van der Waals surface area contributed by atoms with E-state index in [4.69, 9.17) is 4.74 Å². The summed E-state index contributed by atoms with van der Waals surface area (Å²) in [5.41, 5.74) is 1.08. The highest BCUT2D eigenvalue weighted by molar-refractivity contribution is 7.91. The van der Waals surface area contributed by atoms with Gasteiger partial charge < -0.3 is 15.4 Å². The predicted molar refractivity (Wildman–Crippen MR) is 85.5 cm³/mol. The molecule has 0 radical (unpaired) electrons. The second kappa shape index (κ2) is 8.51. The molecule has 0 saturated carbocycles. The number of rotatable bonds is 7. The maximum Gasteiger partial charge on any atom is 0.191 e. The Bertz CT molecular complexity index is 553. The fourth-order valence-corrected chi connectivity index (χ4v) is 2.32. The van der Waals surface area contributed by atoms with E-state index in [-0.39, 0.29) is 11.5 Å². The summed E-state index contributed by atoms with van der Waals surface area (Å²) in [6.45, 7) is 2.59. The normalized spacial score (nSPS) is 12.0. The highest BCUT2D eigenvalue weighted by atomic mass is 32.2. The van der Waals surface area contributed by atoms with Gasteiger partial charge in [-0.2, -0.15) is 0 Å². The minimum absolute atomic E-state index is 0.104. The standard InChI is InChI=1S/C14H23N3O3S/c1-4-21(18,19)10-9-16-14(15-2)17-11-12-5-7-13(20-3)8-6-12/h5-8H,4,9-11H2,1-3H3,(H2,15,16,17). The van der Waals surface area contributed by atoms with Crippen LogP contribution in [0.2, 0.25) is 0 Å². The quantitative estimate of drug-likeness (QED) is 0.575. The molecule has 0 aliphatic heterocycles. The van der Waals surface area contributed by atoms with Gasteiger partial charge in [0.15, 0.2) is 15.8 Å². The van der Waals surface area contributed by atoms with Gasteiger partial charge in [-0.3, -0.25) is 4.99 Å². The van der Waals surface area contributed by atoms with E-state index in [9.17, 15) is 8.42 Å². The van der Waals surface area contributed by atoms with E-state index in [0.717, 1.165) is 11.3 Å². The molecule has 1 aromatic carbocycles. The molecular weight excluding hydrogens is 290 g/mol. The SMILES string of the molecule is CCS(=O)(=O)CCNC(=NC)NCc1ccc(OC)cc1. The lowest BCUT2D eigenvalue weighted by Crippen LogP contribution is -2.39. The smallest absolute Gasteiger partial charge is 0.191 e. The number of nitrogens with one attached hydrogen (secondary N) is 2. The number of sulfone groups is 1. The molecule has 0 atom stereocenters. The Kier molecular flexibility index (Phi) is 7.01. The highest BCUT2D eigenvalue weighted by Crippen LogP contribution is 2.10. The molecule has 1 aromatic rings. The second-order valence-electron chi connectivity index (χ2n) is 4.44. The molecular formula is C14H23N3O3S. The number of benzene rings is 1. The number of guanidine groups is 1. The predicted octanol–water partition coefficient (Wildman–Crippen LogP) is 0.795. The third-order valence-electron chi connectivity index (χ3n) is 2.99. The van der Waals surface area contributed by atoms with E-state index < -0.39 is 9.84 Å². The fraction of sp³-hybridized carbons (Fsp3) is 0.500. The Balaban J connectivity index is 2.40. The van der Waals surface area contributed by atoms with Crippen molar-refractivity contribution in [2.75, 3.05) is 32.2 Å². The van der Waals surface area contributed by atoms with Gasteiger partial charge in [0.1, 0.15) is 5.75 Å². The molecule has 0 bridgehead atoms. The fourth-order valence-electron chi connectivity index (χ4n) is 1.62. The van der Waals surface area contributed by atoms with Crippen LogP contribution in [0.5, 0.6) is 5.75 Å². The van der Waals surface area contributed by atoms with E-state index in [2.05, 4.69) is 15.6 Å². The van der Waals surface area contributed by atoms with Crippen molar-refractivity contribution in [3.05, 3.63) is 29.8 Å². The van der Waals surface area contributed by atoms with Gasteiger partial charge in [-0.15, -0.1) is 0 Å². The molecule has 0 aliphatic rings. The van der Waals surface area contributed by atoms with Gasteiger partial charge in [0.05, 0.1) is 12.9 Å². The van der Waals surface area contributed by atoms with Crippen LogP contribution in [0.1, 0.15) is 12.5 Å². The molecule has 1 rings (SSSR count). The van der Waals surface area contributed by atoms with Crippen molar-refractivity contribution in [3.63, 3.8) is 0 Å². The topological polar surface area (TPSA) is 79.8 Å². The van der Waals surface area contributed by atoms with Crippen molar-refractivity contribution in [1.82, 2.24) is 10.6 Å². The van der Waals surface area contributed by atoms with Gasteiger partial charge >= 0.3 is 0 Å². The number of ether oxygens (including phenoxy) is 1. The van der Waals surface area contributed by atoms with Crippen molar-refractivity contribution in [2.45, 2.75) is 13.5 Å². The number of hydrogen-bond donors (Lipinski definition) is 2. The Morgan fingerprint density at radius 2 is 1.90 bits per heavy atom. The second-order valence-corrected chi connectivity index (χ2v) is 6.91. The highest BCUT2D eigenvalue weighted by Gasteiger charge is 2.07. The summed E-state index contributed by atoms with van der Waals surface area (Å²) in [5.74, 6) is 1.65. The van der Waals surface area contributed by atoms with Crippen molar-refractivity contribution in [1.29, 1.82) is 0 Å². The van der Waals surface area contributed by atoms with Gasteiger partial charge in [0.2, 0.25) is 0 Å². The van der Waals surface area contributed by atoms with Crippen LogP contribution in [0.3, 0.4) is 0 Å². The first-order valence-electron chi connectivity index (χ1n) is 6.78. The zero-order chi connectivity index (χ0) is 15.7. The van der Waals surface area contributed by atoms with Crippen LogP contribution in [0, 0.1) is 0 Å². The van der Waals surface area contributed by atoms with Gasteiger partial charge in [-0.05, 0) is 17.7 Å². The zero-order valence-electron chi connectivity index (χ0n) is 12.7. The molecule has 0 amide bonds. The summed E-state index contributed by atoms with van der Waals surface area (Å²) in [6.07, 6.45) is 0. The Hall–Kier alpha value is -1.76. The van der Waals surface area contributed by atoms with Crippen LogP contribution in [0.15, 0.2) is 29.3 Å². The van der Waals surface area contributed by atoms with Crippen molar-refractivity contribution in [3.8, 4) is 5.75 Å². The largest absolute Gasteiger partial charge is 0.497 e. The number of hydrogen-bond acceptors (Lipinski definition) is 4. The molecule has 7 heteroatoms. The van der Waals surface area contributed by atoms with E-state index in [0.29, 0.717) is 19.0 Å². The monoisotopic (exact) mass is 313 g/mol. The average Bonchev–Trinajstić information content (AvgIpc) is 2.51. The molecule has 6 nitrogen and oxygen atoms in total. The molecule has 0 saturated heterocycles. The third kappa shape index (κ3) is 6.48. The van der Waals surface area contributed by atoms with E-state index >= 15 is 0 Å². The molecule has 0 spiro atoms. The van der Waals surface area contributed by atoms with E-state index in [1.807, 2.05) is 24.3 Å². The van der Waals surface area contributed by atoms with Crippen molar-refractivity contribution >= 4 is 15.8 Å². The lowest BCUT2D eigenvalue weighted by atomic mass is 10.2. The Labute approximate surface area is 126 Å². The van der Waals surface area contributed by atoms with Gasteiger partial charge in [-0.25, -0.2) is 8.42 Å². The molecule has 2 N–H and O–H groups in total. The van der Waals surface area contributed by atoms with Crippen molar-refractivity contribution < 1.29 is 13.2 Å². The maximum absolute atomic E-state index is 11.4. The molecule has 21 heavy (non-hydrogen) atoms. The molecule has 0 aromatic heterocycles. The van der Waals surface area contributed by atoms with E-state index in [1.165, 1.54) is 0 Å². The molecule has 0 aliphatic carbocycles. The average molecular weight is 313 g/mol. The molecule has 0 heterocycles. The van der Waals surface area contributed by atoms with Crippen molar-refractivity contribution in [2.24, 2.45) is 4.99 Å². The summed E-state index contributed by atoms with van der Waals surface area (Å²) in [6, 6.07) is 7.70. The molecule has 118 valence electrons. The first-order chi connectivity index (χ1) is 10.0.